The van der Waals surface area contributed by atoms with E-state index in [1.807, 2.05) is 11.0 Å². The Morgan fingerprint density at radius 2 is 1.52 bits per heavy atom. The smallest absolute Gasteiger partial charge is 0.254 e. The van der Waals surface area contributed by atoms with Crippen molar-refractivity contribution in [1.82, 2.24) is 4.90 Å². The van der Waals surface area contributed by atoms with Crippen LogP contribution in [0.15, 0.2) is 54.6 Å². The second-order valence-electron chi connectivity index (χ2n) is 6.45. The van der Waals surface area contributed by atoms with Crippen molar-refractivity contribution in [2.75, 3.05) is 26.2 Å². The lowest BCUT2D eigenvalue weighted by atomic mass is 10.1. The van der Waals surface area contributed by atoms with E-state index in [1.165, 1.54) is 22.6 Å². The first-order valence-electron chi connectivity index (χ1n) is 8.56. The van der Waals surface area contributed by atoms with Crippen LogP contribution in [0.1, 0.15) is 39.2 Å². The Labute approximate surface area is 147 Å². The molecule has 1 heterocycles. The van der Waals surface area contributed by atoms with Gasteiger partial charge < -0.3 is 19.7 Å². The molecule has 0 spiro atoms. The molecule has 1 fully saturated rings. The molecule has 2 aromatic carbocycles. The Kier molecular flexibility index (Phi) is 5.14. The van der Waals surface area contributed by atoms with Crippen molar-refractivity contribution in [3.63, 3.8) is 0 Å². The summed E-state index contributed by atoms with van der Waals surface area (Å²) in [5, 5.41) is 10.8. The molecule has 3 rings (SSSR count). The minimum Gasteiger partial charge on any atom is -0.545 e. The first-order valence-corrected chi connectivity index (χ1v) is 8.56. The topological polar surface area (TPSA) is 64.9 Å². The average molecular weight is 338 g/mol. The summed E-state index contributed by atoms with van der Waals surface area (Å²) in [4.78, 5) is 26.7. The van der Waals surface area contributed by atoms with Gasteiger partial charge in [-0.1, -0.05) is 42.5 Å². The summed E-state index contributed by atoms with van der Waals surface area (Å²) in [6, 6.07) is 16.8. The number of amides is 1. The molecule has 1 saturated heterocycles. The van der Waals surface area contributed by atoms with Gasteiger partial charge in [0.2, 0.25) is 0 Å². The van der Waals surface area contributed by atoms with Crippen molar-refractivity contribution < 1.29 is 19.6 Å². The van der Waals surface area contributed by atoms with Crippen LogP contribution in [0.4, 0.5) is 0 Å². The van der Waals surface area contributed by atoms with Gasteiger partial charge in [0.25, 0.3) is 5.91 Å². The van der Waals surface area contributed by atoms with Crippen molar-refractivity contribution in [3.05, 3.63) is 71.3 Å². The Hall–Kier alpha value is -2.66. The van der Waals surface area contributed by atoms with E-state index in [0.29, 0.717) is 24.7 Å². The zero-order valence-electron chi connectivity index (χ0n) is 14.3. The minimum atomic E-state index is -1.23. The molecule has 1 N–H and O–H groups in total. The molecule has 0 bridgehead atoms. The highest BCUT2D eigenvalue weighted by atomic mass is 16.4. The maximum Gasteiger partial charge on any atom is 0.254 e. The molecule has 5 nitrogen and oxygen atoms in total. The fraction of sp³-hybridized carbons (Fsp3) is 0.300. The predicted molar refractivity (Wildman–Crippen MR) is 92.2 cm³/mol. The van der Waals surface area contributed by atoms with Crippen LogP contribution in [0.3, 0.4) is 0 Å². The van der Waals surface area contributed by atoms with Crippen LogP contribution in [0.25, 0.3) is 0 Å². The molecular formula is C20H22N2O3. The Bertz CT molecular complexity index is 735. The van der Waals surface area contributed by atoms with Crippen molar-refractivity contribution in [2.24, 2.45) is 0 Å². The lowest BCUT2D eigenvalue weighted by Crippen LogP contribution is -3.14. The molecule has 2 aromatic rings. The highest BCUT2D eigenvalue weighted by molar-refractivity contribution is 5.95. The Balaban J connectivity index is 1.60. The number of carbonyl (C=O) groups excluding carboxylic acids is 2. The predicted octanol–water partition coefficient (Wildman–Crippen LogP) is 0.152. The number of aromatic carboxylic acids is 1. The normalized spacial score (nSPS) is 16.4. The number of nitrogens with zero attached hydrogens (tertiary/aromatic N) is 1. The largest absolute Gasteiger partial charge is 0.545 e. The molecule has 0 aromatic heterocycles. The molecule has 0 aliphatic carbocycles. The van der Waals surface area contributed by atoms with E-state index in [2.05, 4.69) is 31.2 Å². The third kappa shape index (κ3) is 3.88. The van der Waals surface area contributed by atoms with Crippen LogP contribution >= 0.6 is 0 Å². The molecule has 1 atom stereocenters. The summed E-state index contributed by atoms with van der Waals surface area (Å²) in [5.41, 5.74) is 1.92. The van der Waals surface area contributed by atoms with Crippen LogP contribution in [-0.4, -0.2) is 43.0 Å². The van der Waals surface area contributed by atoms with Gasteiger partial charge in [0.1, 0.15) is 6.04 Å². The Morgan fingerprint density at radius 1 is 0.960 bits per heavy atom. The van der Waals surface area contributed by atoms with Gasteiger partial charge in [0.15, 0.2) is 0 Å². The van der Waals surface area contributed by atoms with E-state index in [9.17, 15) is 14.7 Å². The second-order valence-corrected chi connectivity index (χ2v) is 6.45. The maximum absolute atomic E-state index is 12.6. The minimum absolute atomic E-state index is 0.0451. The number of rotatable bonds is 4. The number of hydrogen-bond acceptors (Lipinski definition) is 3. The number of carboxylic acid groups (broad SMARTS) is 1. The molecule has 1 amide bonds. The monoisotopic (exact) mass is 338 g/mol. The van der Waals surface area contributed by atoms with Crippen LogP contribution in [-0.2, 0) is 0 Å². The van der Waals surface area contributed by atoms with Gasteiger partial charge in [-0.05, 0) is 24.6 Å². The maximum atomic E-state index is 12.6. The third-order valence-corrected chi connectivity index (χ3v) is 4.97. The van der Waals surface area contributed by atoms with Gasteiger partial charge in [-0.2, -0.15) is 0 Å². The van der Waals surface area contributed by atoms with E-state index in [1.54, 1.807) is 12.1 Å². The number of carbonyl (C=O) groups is 2. The molecule has 0 unspecified atom stereocenters. The van der Waals surface area contributed by atoms with Gasteiger partial charge in [0.05, 0.1) is 32.1 Å². The van der Waals surface area contributed by atoms with Crippen LogP contribution in [0.2, 0.25) is 0 Å². The molecule has 25 heavy (non-hydrogen) atoms. The van der Waals surface area contributed by atoms with E-state index >= 15 is 0 Å². The fourth-order valence-electron chi connectivity index (χ4n) is 3.34. The SMILES string of the molecule is C[C@@H](c1ccccc1)[NH+]1CCN(C(=O)c2ccc(C(=O)[O-])cc2)CC1. The standard InChI is InChI=1S/C20H22N2O3/c1-15(16-5-3-2-4-6-16)21-11-13-22(14-12-21)19(23)17-7-9-18(10-8-17)20(24)25/h2-10,15H,11-14H2,1H3,(H,24,25)/t15-/m0/s1. The number of hydrogen-bond donors (Lipinski definition) is 1. The highest BCUT2D eigenvalue weighted by Crippen LogP contribution is 2.11. The molecule has 5 heteroatoms. The number of piperazine rings is 1. The lowest BCUT2D eigenvalue weighted by Gasteiger charge is -2.35. The number of benzene rings is 2. The molecule has 0 saturated carbocycles. The third-order valence-electron chi connectivity index (χ3n) is 4.97. The van der Waals surface area contributed by atoms with Crippen molar-refractivity contribution in [3.8, 4) is 0 Å². The van der Waals surface area contributed by atoms with E-state index in [-0.39, 0.29) is 11.5 Å². The molecule has 0 radical (unpaired) electrons. The molecule has 130 valence electrons. The van der Waals surface area contributed by atoms with E-state index in [0.717, 1.165) is 13.1 Å². The van der Waals surface area contributed by atoms with Gasteiger partial charge >= 0.3 is 0 Å². The van der Waals surface area contributed by atoms with Crippen molar-refractivity contribution >= 4 is 11.9 Å². The average Bonchev–Trinajstić information content (AvgIpc) is 2.67. The first kappa shape index (κ1) is 17.2. The number of carboxylic acids is 1. The van der Waals surface area contributed by atoms with Crippen molar-refractivity contribution in [2.45, 2.75) is 13.0 Å². The van der Waals surface area contributed by atoms with Gasteiger partial charge in [-0.25, -0.2) is 0 Å². The van der Waals surface area contributed by atoms with Gasteiger partial charge in [-0.3, -0.25) is 4.79 Å². The highest BCUT2D eigenvalue weighted by Gasteiger charge is 2.28. The van der Waals surface area contributed by atoms with Gasteiger partial charge in [-0.15, -0.1) is 0 Å². The summed E-state index contributed by atoms with van der Waals surface area (Å²) < 4.78 is 0. The summed E-state index contributed by atoms with van der Waals surface area (Å²) in [6.45, 7) is 5.43. The fourth-order valence-corrected chi connectivity index (χ4v) is 3.34. The molecule has 1 aliphatic rings. The Morgan fingerprint density at radius 3 is 2.08 bits per heavy atom. The van der Waals surface area contributed by atoms with Crippen LogP contribution in [0.5, 0.6) is 0 Å². The second kappa shape index (κ2) is 7.49. The van der Waals surface area contributed by atoms with E-state index < -0.39 is 5.97 Å². The number of quaternary nitrogens is 1. The summed E-state index contributed by atoms with van der Waals surface area (Å²) >= 11 is 0. The summed E-state index contributed by atoms with van der Waals surface area (Å²) in [6.07, 6.45) is 0. The first-order chi connectivity index (χ1) is 12.1. The quantitative estimate of drug-likeness (QED) is 0.863. The lowest BCUT2D eigenvalue weighted by molar-refractivity contribution is -0.933. The zero-order chi connectivity index (χ0) is 17.8. The molecule has 1 aliphatic heterocycles. The number of nitrogens with one attached hydrogen (secondary N) is 1. The van der Waals surface area contributed by atoms with Crippen LogP contribution < -0.4 is 10.0 Å². The summed E-state index contributed by atoms with van der Waals surface area (Å²) in [7, 11) is 0. The molecular weight excluding hydrogens is 316 g/mol. The zero-order valence-corrected chi connectivity index (χ0v) is 14.3. The van der Waals surface area contributed by atoms with Crippen molar-refractivity contribution in [1.29, 1.82) is 0 Å². The summed E-state index contributed by atoms with van der Waals surface area (Å²) in [5.74, 6) is -1.28. The van der Waals surface area contributed by atoms with Crippen LogP contribution in [0, 0.1) is 0 Å². The van der Waals surface area contributed by atoms with E-state index in [4.69, 9.17) is 0 Å². The van der Waals surface area contributed by atoms with Gasteiger partial charge in [0, 0.05) is 11.1 Å².